The van der Waals surface area contributed by atoms with Gasteiger partial charge in [-0.25, -0.2) is 4.98 Å². The van der Waals surface area contributed by atoms with Crippen molar-refractivity contribution in [2.45, 2.75) is 19.8 Å². The van der Waals surface area contributed by atoms with Crippen molar-refractivity contribution < 1.29 is 14.6 Å². The predicted octanol–water partition coefficient (Wildman–Crippen LogP) is 2.88. The normalized spacial score (nSPS) is 11.9. The first-order valence-electron chi connectivity index (χ1n) is 6.86. The van der Waals surface area contributed by atoms with Gasteiger partial charge in [0.05, 0.1) is 13.0 Å². The summed E-state index contributed by atoms with van der Waals surface area (Å²) < 4.78 is 5.07. The van der Waals surface area contributed by atoms with Crippen LogP contribution in [0.3, 0.4) is 0 Å². The summed E-state index contributed by atoms with van der Waals surface area (Å²) in [6.45, 7) is 2.00. The molecule has 110 valence electrons. The van der Waals surface area contributed by atoms with E-state index in [9.17, 15) is 9.90 Å². The average Bonchev–Trinajstić information content (AvgIpc) is 2.47. The second-order valence-corrected chi connectivity index (χ2v) is 5.10. The number of pyridine rings is 1. The second-order valence-electron chi connectivity index (χ2n) is 5.10. The van der Waals surface area contributed by atoms with Crippen LogP contribution in [0.4, 0.5) is 0 Å². The van der Waals surface area contributed by atoms with Crippen LogP contribution < -0.4 is 4.74 Å². The summed E-state index contributed by atoms with van der Waals surface area (Å²) in [7, 11) is 1.55. The quantitative estimate of drug-likeness (QED) is 0.886. The highest BCUT2D eigenvalue weighted by Crippen LogP contribution is 2.17. The van der Waals surface area contributed by atoms with Crippen LogP contribution in [0.2, 0.25) is 0 Å². The molecular formula is C17H19NO3. The maximum atomic E-state index is 11.5. The molecule has 2 rings (SSSR count). The van der Waals surface area contributed by atoms with Crippen LogP contribution in [0.25, 0.3) is 0 Å². The number of carboxylic acid groups (broad SMARTS) is 1. The van der Waals surface area contributed by atoms with E-state index in [1.165, 1.54) is 0 Å². The van der Waals surface area contributed by atoms with Crippen molar-refractivity contribution in [2.75, 3.05) is 7.11 Å². The predicted molar refractivity (Wildman–Crippen MR) is 80.5 cm³/mol. The molecule has 0 saturated heterocycles. The van der Waals surface area contributed by atoms with Crippen LogP contribution >= 0.6 is 0 Å². The lowest BCUT2D eigenvalue weighted by Crippen LogP contribution is -2.19. The topological polar surface area (TPSA) is 59.4 Å². The number of benzene rings is 1. The smallest absolute Gasteiger partial charge is 0.307 e. The molecule has 4 nitrogen and oxygen atoms in total. The van der Waals surface area contributed by atoms with E-state index in [-0.39, 0.29) is 0 Å². The van der Waals surface area contributed by atoms with E-state index >= 15 is 0 Å². The number of aromatic nitrogens is 1. The molecule has 0 radical (unpaired) electrons. The number of methoxy groups -OCH3 is 1. The average molecular weight is 285 g/mol. The van der Waals surface area contributed by atoms with Gasteiger partial charge in [-0.2, -0.15) is 0 Å². The van der Waals surface area contributed by atoms with Gasteiger partial charge in [0.1, 0.15) is 0 Å². The summed E-state index contributed by atoms with van der Waals surface area (Å²) in [6, 6.07) is 13.3. The van der Waals surface area contributed by atoms with E-state index in [2.05, 4.69) is 4.98 Å². The molecule has 1 heterocycles. The van der Waals surface area contributed by atoms with Gasteiger partial charge in [0.15, 0.2) is 0 Å². The van der Waals surface area contributed by atoms with Gasteiger partial charge < -0.3 is 9.84 Å². The third kappa shape index (κ3) is 4.31. The summed E-state index contributed by atoms with van der Waals surface area (Å²) in [6.07, 6.45) is 0.885. The zero-order chi connectivity index (χ0) is 15.2. The van der Waals surface area contributed by atoms with Gasteiger partial charge in [0.2, 0.25) is 5.88 Å². The molecule has 1 atom stereocenters. The van der Waals surface area contributed by atoms with E-state index in [0.29, 0.717) is 18.7 Å². The number of nitrogens with zero attached hydrogens (tertiary/aromatic N) is 1. The minimum absolute atomic E-state index is 0.389. The Balaban J connectivity index is 2.13. The van der Waals surface area contributed by atoms with Crippen LogP contribution in [-0.2, 0) is 17.6 Å². The molecule has 1 aromatic carbocycles. The van der Waals surface area contributed by atoms with Gasteiger partial charge in [0.25, 0.3) is 0 Å². The lowest BCUT2D eigenvalue weighted by Gasteiger charge is -2.13. The molecule has 0 spiro atoms. The Bertz CT molecular complexity index is 625. The Labute approximate surface area is 124 Å². The zero-order valence-electron chi connectivity index (χ0n) is 12.2. The van der Waals surface area contributed by atoms with Crippen molar-refractivity contribution in [2.24, 2.45) is 5.92 Å². The fourth-order valence-corrected chi connectivity index (χ4v) is 2.31. The van der Waals surface area contributed by atoms with Crippen molar-refractivity contribution in [1.29, 1.82) is 0 Å². The van der Waals surface area contributed by atoms with Crippen LogP contribution in [0.1, 0.15) is 16.8 Å². The number of aryl methyl sites for hydroxylation is 1. The summed E-state index contributed by atoms with van der Waals surface area (Å²) in [4.78, 5) is 15.8. The minimum Gasteiger partial charge on any atom is -0.481 e. The van der Waals surface area contributed by atoms with Crippen molar-refractivity contribution in [3.63, 3.8) is 0 Å². The number of rotatable bonds is 6. The molecule has 1 unspecified atom stereocenters. The lowest BCUT2D eigenvalue weighted by molar-refractivity contribution is -0.141. The van der Waals surface area contributed by atoms with Crippen LogP contribution in [0, 0.1) is 12.8 Å². The van der Waals surface area contributed by atoms with E-state index in [4.69, 9.17) is 4.74 Å². The molecule has 4 heteroatoms. The van der Waals surface area contributed by atoms with E-state index in [1.807, 2.05) is 43.3 Å². The number of aliphatic carboxylic acids is 1. The van der Waals surface area contributed by atoms with Gasteiger partial charge >= 0.3 is 5.97 Å². The molecule has 1 N–H and O–H groups in total. The summed E-state index contributed by atoms with van der Waals surface area (Å²) >= 11 is 0. The maximum absolute atomic E-state index is 11.5. The Morgan fingerprint density at radius 3 is 2.67 bits per heavy atom. The summed E-state index contributed by atoms with van der Waals surface area (Å²) in [5.74, 6) is -0.792. The van der Waals surface area contributed by atoms with Crippen LogP contribution in [0.5, 0.6) is 5.88 Å². The molecule has 0 aliphatic carbocycles. The Hall–Kier alpha value is -2.36. The third-order valence-corrected chi connectivity index (χ3v) is 3.36. The molecule has 0 fully saturated rings. The molecule has 21 heavy (non-hydrogen) atoms. The fourth-order valence-electron chi connectivity index (χ4n) is 2.31. The van der Waals surface area contributed by atoms with Gasteiger partial charge in [-0.15, -0.1) is 0 Å². The standard InChI is InChI=1S/C17H19NO3/c1-12-5-3-6-13(9-12)10-14(17(19)20)11-15-7-4-8-16(18-15)21-2/h3-9,14H,10-11H2,1-2H3,(H,19,20). The molecule has 2 aromatic rings. The highest BCUT2D eigenvalue weighted by molar-refractivity contribution is 5.70. The number of ether oxygens (including phenoxy) is 1. The molecular weight excluding hydrogens is 266 g/mol. The van der Waals surface area contributed by atoms with Crippen molar-refractivity contribution in [3.8, 4) is 5.88 Å². The monoisotopic (exact) mass is 285 g/mol. The van der Waals surface area contributed by atoms with Crippen LogP contribution in [-0.4, -0.2) is 23.2 Å². The number of hydrogen-bond donors (Lipinski definition) is 1. The van der Waals surface area contributed by atoms with Gasteiger partial charge in [-0.1, -0.05) is 35.9 Å². The lowest BCUT2D eigenvalue weighted by atomic mass is 9.94. The second kappa shape index (κ2) is 6.88. The summed E-state index contributed by atoms with van der Waals surface area (Å²) in [5, 5.41) is 9.43. The van der Waals surface area contributed by atoms with Crippen molar-refractivity contribution in [1.82, 2.24) is 4.98 Å². The van der Waals surface area contributed by atoms with Crippen molar-refractivity contribution >= 4 is 5.97 Å². The number of carbonyl (C=O) groups is 1. The van der Waals surface area contributed by atoms with Gasteiger partial charge in [-0.3, -0.25) is 4.79 Å². The molecule has 0 aliphatic heterocycles. The molecule has 1 aromatic heterocycles. The highest BCUT2D eigenvalue weighted by Gasteiger charge is 2.19. The number of carboxylic acids is 1. The Kier molecular flexibility index (Phi) is 4.93. The van der Waals surface area contributed by atoms with E-state index in [1.54, 1.807) is 13.2 Å². The Morgan fingerprint density at radius 2 is 2.00 bits per heavy atom. The van der Waals surface area contributed by atoms with E-state index < -0.39 is 11.9 Å². The SMILES string of the molecule is COc1cccc(CC(Cc2cccc(C)c2)C(=O)O)n1. The first kappa shape index (κ1) is 15.0. The highest BCUT2D eigenvalue weighted by atomic mass is 16.5. The van der Waals surface area contributed by atoms with Crippen LogP contribution in [0.15, 0.2) is 42.5 Å². The first-order valence-corrected chi connectivity index (χ1v) is 6.86. The fraction of sp³-hybridized carbons (Fsp3) is 0.294. The maximum Gasteiger partial charge on any atom is 0.307 e. The third-order valence-electron chi connectivity index (χ3n) is 3.36. The van der Waals surface area contributed by atoms with Gasteiger partial charge in [-0.05, 0) is 25.0 Å². The molecule has 0 saturated carbocycles. The van der Waals surface area contributed by atoms with Gasteiger partial charge in [0, 0.05) is 18.2 Å². The molecule has 0 bridgehead atoms. The largest absolute Gasteiger partial charge is 0.481 e. The first-order chi connectivity index (χ1) is 10.1. The zero-order valence-corrected chi connectivity index (χ0v) is 12.2. The van der Waals surface area contributed by atoms with E-state index in [0.717, 1.165) is 16.8 Å². The summed E-state index contributed by atoms with van der Waals surface area (Å²) in [5.41, 5.74) is 2.90. The van der Waals surface area contributed by atoms with Crippen molar-refractivity contribution in [3.05, 3.63) is 59.3 Å². The number of hydrogen-bond acceptors (Lipinski definition) is 3. The minimum atomic E-state index is -0.805. The molecule has 0 aliphatic rings. The molecule has 0 amide bonds. The Morgan fingerprint density at radius 1 is 1.24 bits per heavy atom.